The summed E-state index contributed by atoms with van der Waals surface area (Å²) >= 11 is 27.9. The van der Waals surface area contributed by atoms with Crippen molar-refractivity contribution in [2.75, 3.05) is 0 Å². The summed E-state index contributed by atoms with van der Waals surface area (Å²) in [7, 11) is 0. The van der Waals surface area contributed by atoms with Crippen LogP contribution in [0.2, 0.25) is 25.1 Å². The van der Waals surface area contributed by atoms with Crippen LogP contribution < -0.4 is 0 Å². The number of benzene rings is 1. The molecule has 0 saturated carbocycles. The zero-order chi connectivity index (χ0) is 20.1. The van der Waals surface area contributed by atoms with Crippen LogP contribution >= 0.6 is 58.0 Å². The summed E-state index contributed by atoms with van der Waals surface area (Å²) in [4.78, 5) is 10.2. The summed E-state index contributed by atoms with van der Waals surface area (Å²) in [5.41, 5.74) is 0. The monoisotopic (exact) mass is 464 g/mol. The lowest BCUT2D eigenvalue weighted by atomic mass is 10.1. The van der Waals surface area contributed by atoms with Crippen LogP contribution in [0.15, 0.2) is 0 Å². The normalized spacial score (nSPS) is 10.4. The van der Waals surface area contributed by atoms with Crippen LogP contribution in [0, 0.1) is 0 Å². The molecule has 0 aliphatic heterocycles. The molecule has 0 radical (unpaired) electrons. The summed E-state index contributed by atoms with van der Waals surface area (Å²) in [6.07, 6.45) is 11.5. The van der Waals surface area contributed by atoms with Crippen molar-refractivity contribution < 1.29 is 15.0 Å². The average molecular weight is 467 g/mol. The second-order valence-corrected chi connectivity index (χ2v) is 7.78. The van der Waals surface area contributed by atoms with Crippen LogP contribution in [0.1, 0.15) is 71.1 Å². The molecule has 0 heterocycles. The largest absolute Gasteiger partial charge is 0.505 e. The lowest BCUT2D eigenvalue weighted by molar-refractivity contribution is -0.137. The highest BCUT2D eigenvalue weighted by molar-refractivity contribution is 6.55. The molecule has 0 fully saturated rings. The van der Waals surface area contributed by atoms with Crippen molar-refractivity contribution in [3.05, 3.63) is 25.1 Å². The van der Waals surface area contributed by atoms with E-state index in [1.165, 1.54) is 44.9 Å². The van der Waals surface area contributed by atoms with E-state index in [2.05, 4.69) is 6.92 Å². The maximum atomic E-state index is 10.2. The number of aromatic hydroxyl groups is 1. The van der Waals surface area contributed by atoms with E-state index in [0.29, 0.717) is 6.42 Å². The smallest absolute Gasteiger partial charge is 0.303 e. The lowest BCUT2D eigenvalue weighted by Gasteiger charge is -2.06. The second kappa shape index (κ2) is 14.9. The molecule has 3 nitrogen and oxygen atoms in total. The molecule has 0 aromatic heterocycles. The molecular weight excluding hydrogens is 441 g/mol. The highest BCUT2D eigenvalue weighted by Crippen LogP contribution is 2.47. The zero-order valence-electron chi connectivity index (χ0n) is 14.8. The summed E-state index contributed by atoms with van der Waals surface area (Å²) < 4.78 is 0. The molecule has 0 aliphatic rings. The number of phenols is 1. The Hall–Kier alpha value is -0.0600. The van der Waals surface area contributed by atoms with Crippen molar-refractivity contribution in [1.29, 1.82) is 0 Å². The third-order valence-corrected chi connectivity index (χ3v) is 5.94. The van der Waals surface area contributed by atoms with E-state index in [9.17, 15) is 9.90 Å². The van der Waals surface area contributed by atoms with E-state index in [-0.39, 0.29) is 30.9 Å². The van der Waals surface area contributed by atoms with Gasteiger partial charge in [0.2, 0.25) is 0 Å². The van der Waals surface area contributed by atoms with Crippen molar-refractivity contribution in [3.8, 4) is 5.75 Å². The summed E-state index contributed by atoms with van der Waals surface area (Å²) in [5.74, 6) is -1.02. The van der Waals surface area contributed by atoms with Gasteiger partial charge in [0, 0.05) is 6.42 Å². The minimum Gasteiger partial charge on any atom is -0.505 e. The topological polar surface area (TPSA) is 57.5 Å². The van der Waals surface area contributed by atoms with Gasteiger partial charge in [-0.15, -0.1) is 0 Å². The van der Waals surface area contributed by atoms with Crippen molar-refractivity contribution in [2.24, 2.45) is 0 Å². The van der Waals surface area contributed by atoms with Crippen LogP contribution in [0.5, 0.6) is 5.75 Å². The van der Waals surface area contributed by atoms with Gasteiger partial charge in [-0.3, -0.25) is 4.79 Å². The van der Waals surface area contributed by atoms with Crippen molar-refractivity contribution >= 4 is 64.0 Å². The highest BCUT2D eigenvalue weighted by atomic mass is 35.5. The van der Waals surface area contributed by atoms with Crippen molar-refractivity contribution in [2.45, 2.75) is 71.1 Å². The van der Waals surface area contributed by atoms with Gasteiger partial charge in [-0.05, 0) is 6.42 Å². The van der Waals surface area contributed by atoms with Gasteiger partial charge in [-0.2, -0.15) is 0 Å². The number of carbonyl (C=O) groups is 1. The Morgan fingerprint density at radius 2 is 1.04 bits per heavy atom. The van der Waals surface area contributed by atoms with Gasteiger partial charge in [-0.25, -0.2) is 0 Å². The first kappa shape index (κ1) is 25.9. The highest BCUT2D eigenvalue weighted by Gasteiger charge is 2.18. The Kier molecular flexibility index (Phi) is 14.9. The fraction of sp³-hybridized carbons (Fsp3) is 0.611. The number of hydrogen-bond acceptors (Lipinski definition) is 2. The fourth-order valence-electron chi connectivity index (χ4n) is 2.18. The number of carboxylic acid groups (broad SMARTS) is 1. The minimum absolute atomic E-state index is 0.00904. The summed E-state index contributed by atoms with van der Waals surface area (Å²) in [5, 5.41) is 17.4. The molecule has 2 N–H and O–H groups in total. The molecule has 1 rings (SSSR count). The average Bonchev–Trinajstić information content (AvgIpc) is 2.62. The quantitative estimate of drug-likeness (QED) is 0.206. The predicted octanol–water partition coefficient (Wildman–Crippen LogP) is 8.65. The van der Waals surface area contributed by atoms with Crippen LogP contribution in [0.4, 0.5) is 0 Å². The Morgan fingerprint density at radius 1 is 0.692 bits per heavy atom. The third-order valence-electron chi connectivity index (χ3n) is 3.68. The number of aliphatic carboxylic acids is 1. The molecule has 0 aliphatic carbocycles. The maximum Gasteiger partial charge on any atom is 0.303 e. The van der Waals surface area contributed by atoms with Gasteiger partial charge in [0.05, 0.1) is 15.1 Å². The molecule has 0 amide bonds. The molecule has 0 spiro atoms. The number of rotatable bonds is 10. The Balaban J connectivity index is 0.000000485. The van der Waals surface area contributed by atoms with Crippen LogP contribution in [-0.4, -0.2) is 16.2 Å². The fourth-order valence-corrected chi connectivity index (χ4v) is 3.31. The first-order valence-corrected chi connectivity index (χ1v) is 10.5. The SMILES string of the molecule is CCCCCCCCCCCC(=O)O.Oc1c(Cl)c(Cl)c(Cl)c(Cl)c1Cl. The second-order valence-electron chi connectivity index (χ2n) is 5.89. The Labute approximate surface area is 180 Å². The summed E-state index contributed by atoms with van der Waals surface area (Å²) in [6, 6.07) is 0. The van der Waals surface area contributed by atoms with Gasteiger partial charge in [0.25, 0.3) is 0 Å². The first-order valence-electron chi connectivity index (χ1n) is 8.66. The molecule has 26 heavy (non-hydrogen) atoms. The first-order chi connectivity index (χ1) is 12.2. The molecule has 0 unspecified atom stereocenters. The molecule has 1 aromatic rings. The molecule has 0 saturated heterocycles. The third kappa shape index (κ3) is 10.3. The van der Waals surface area contributed by atoms with E-state index in [4.69, 9.17) is 63.1 Å². The summed E-state index contributed by atoms with van der Waals surface area (Å²) in [6.45, 7) is 2.23. The predicted molar refractivity (Wildman–Crippen MR) is 113 cm³/mol. The molecule has 150 valence electrons. The van der Waals surface area contributed by atoms with Crippen LogP contribution in [-0.2, 0) is 4.79 Å². The number of phenolic OH excluding ortho intramolecular Hbond substituents is 1. The standard InChI is InChI=1S/C12H24O2.C6HCl5O/c1-2-3-4-5-6-7-8-9-10-11-12(13)14;7-1-2(8)4(10)6(12)5(11)3(1)9/h2-11H2,1H3,(H,13,14);12H. The van der Waals surface area contributed by atoms with Crippen LogP contribution in [0.25, 0.3) is 0 Å². The van der Waals surface area contributed by atoms with Crippen LogP contribution in [0.3, 0.4) is 0 Å². The van der Waals surface area contributed by atoms with E-state index in [1.807, 2.05) is 0 Å². The van der Waals surface area contributed by atoms with Crippen molar-refractivity contribution in [3.63, 3.8) is 0 Å². The van der Waals surface area contributed by atoms with Gasteiger partial charge in [0.1, 0.15) is 10.0 Å². The Bertz CT molecular complexity index is 459. The Morgan fingerprint density at radius 3 is 1.42 bits per heavy atom. The minimum atomic E-state index is -0.659. The lowest BCUT2D eigenvalue weighted by Crippen LogP contribution is -1.93. The number of unbranched alkanes of at least 4 members (excludes halogenated alkanes) is 8. The molecule has 0 atom stereocenters. The molecule has 0 bridgehead atoms. The van der Waals surface area contributed by atoms with E-state index < -0.39 is 5.97 Å². The van der Waals surface area contributed by atoms with Gasteiger partial charge in [0.15, 0.2) is 5.75 Å². The molecule has 1 aromatic carbocycles. The number of carboxylic acids is 1. The van der Waals surface area contributed by atoms with Gasteiger partial charge >= 0.3 is 5.97 Å². The zero-order valence-corrected chi connectivity index (χ0v) is 18.5. The van der Waals surface area contributed by atoms with Crippen molar-refractivity contribution in [1.82, 2.24) is 0 Å². The van der Waals surface area contributed by atoms with Gasteiger partial charge in [-0.1, -0.05) is 116 Å². The number of hydrogen-bond donors (Lipinski definition) is 2. The maximum absolute atomic E-state index is 10.2. The van der Waals surface area contributed by atoms with E-state index >= 15 is 0 Å². The van der Waals surface area contributed by atoms with Gasteiger partial charge < -0.3 is 10.2 Å². The molecular formula is C18H25Cl5O3. The van der Waals surface area contributed by atoms with E-state index in [0.717, 1.165) is 12.8 Å². The number of halogens is 5. The van der Waals surface area contributed by atoms with E-state index in [1.54, 1.807) is 0 Å². The molecule has 8 heteroatoms.